The van der Waals surface area contributed by atoms with Crippen LogP contribution in [0.2, 0.25) is 0 Å². The SMILES string of the molecule is O=C(Nc1ccc2c(c1)OCCO2)[C@@H]1CCCN1C(=O)[C@@H]1Cc2ccccc2CN1. The van der Waals surface area contributed by atoms with E-state index in [1.54, 1.807) is 23.1 Å². The second kappa shape index (κ2) is 7.99. The van der Waals surface area contributed by atoms with E-state index in [0.717, 1.165) is 6.42 Å². The van der Waals surface area contributed by atoms with Gasteiger partial charge in [0.1, 0.15) is 19.3 Å². The summed E-state index contributed by atoms with van der Waals surface area (Å²) in [5, 5.41) is 6.29. The first-order valence-corrected chi connectivity index (χ1v) is 10.5. The van der Waals surface area contributed by atoms with Crippen molar-refractivity contribution in [2.45, 2.75) is 37.9 Å². The maximum absolute atomic E-state index is 13.2. The van der Waals surface area contributed by atoms with Crippen molar-refractivity contribution in [3.63, 3.8) is 0 Å². The molecule has 5 rings (SSSR count). The Labute approximate surface area is 175 Å². The Hall–Kier alpha value is -3.06. The minimum absolute atomic E-state index is 0.00401. The van der Waals surface area contributed by atoms with E-state index in [1.807, 2.05) is 12.1 Å². The van der Waals surface area contributed by atoms with Gasteiger partial charge in [0.25, 0.3) is 0 Å². The van der Waals surface area contributed by atoms with Gasteiger partial charge < -0.3 is 25.0 Å². The highest BCUT2D eigenvalue weighted by Crippen LogP contribution is 2.33. The van der Waals surface area contributed by atoms with Gasteiger partial charge in [-0.2, -0.15) is 0 Å². The molecule has 7 heteroatoms. The summed E-state index contributed by atoms with van der Waals surface area (Å²) >= 11 is 0. The van der Waals surface area contributed by atoms with E-state index in [2.05, 4.69) is 22.8 Å². The number of benzene rings is 2. The van der Waals surface area contributed by atoms with Crippen molar-refractivity contribution in [1.29, 1.82) is 0 Å². The van der Waals surface area contributed by atoms with Crippen LogP contribution >= 0.6 is 0 Å². The quantitative estimate of drug-likeness (QED) is 0.815. The minimum Gasteiger partial charge on any atom is -0.486 e. The molecule has 3 heterocycles. The molecule has 2 N–H and O–H groups in total. The lowest BCUT2D eigenvalue weighted by Gasteiger charge is -2.31. The maximum Gasteiger partial charge on any atom is 0.247 e. The summed E-state index contributed by atoms with van der Waals surface area (Å²) in [6.07, 6.45) is 2.15. The lowest BCUT2D eigenvalue weighted by Crippen LogP contribution is -2.53. The number of hydrogen-bond acceptors (Lipinski definition) is 5. The first kappa shape index (κ1) is 18.9. The first-order chi connectivity index (χ1) is 14.7. The van der Waals surface area contributed by atoms with Crippen LogP contribution in [-0.2, 0) is 22.6 Å². The molecule has 2 amide bonds. The molecular weight excluding hydrogens is 382 g/mol. The summed E-state index contributed by atoms with van der Waals surface area (Å²) in [7, 11) is 0. The van der Waals surface area contributed by atoms with Crippen LogP contribution in [-0.4, -0.2) is 48.6 Å². The number of nitrogens with zero attached hydrogens (tertiary/aromatic N) is 1. The van der Waals surface area contributed by atoms with Crippen molar-refractivity contribution in [1.82, 2.24) is 10.2 Å². The highest BCUT2D eigenvalue weighted by atomic mass is 16.6. The number of carbonyl (C=O) groups is 2. The third-order valence-corrected chi connectivity index (χ3v) is 6.03. The fourth-order valence-electron chi connectivity index (χ4n) is 4.48. The van der Waals surface area contributed by atoms with Crippen molar-refractivity contribution >= 4 is 17.5 Å². The van der Waals surface area contributed by atoms with Crippen molar-refractivity contribution in [3.8, 4) is 11.5 Å². The fourth-order valence-corrected chi connectivity index (χ4v) is 4.48. The van der Waals surface area contributed by atoms with Gasteiger partial charge >= 0.3 is 0 Å². The second-order valence-electron chi connectivity index (χ2n) is 7.94. The molecule has 30 heavy (non-hydrogen) atoms. The molecule has 3 aliphatic rings. The zero-order valence-corrected chi connectivity index (χ0v) is 16.7. The Morgan fingerprint density at radius 3 is 2.70 bits per heavy atom. The molecule has 2 atom stereocenters. The third-order valence-electron chi connectivity index (χ3n) is 6.03. The Bertz CT molecular complexity index is 977. The van der Waals surface area contributed by atoms with Crippen molar-refractivity contribution in [3.05, 3.63) is 53.6 Å². The number of hydrogen-bond donors (Lipinski definition) is 2. The van der Waals surface area contributed by atoms with Crippen LogP contribution in [0.25, 0.3) is 0 Å². The molecule has 0 unspecified atom stereocenters. The zero-order chi connectivity index (χ0) is 20.5. The summed E-state index contributed by atoms with van der Waals surface area (Å²) in [5.41, 5.74) is 3.08. The average molecular weight is 407 g/mol. The van der Waals surface area contributed by atoms with E-state index in [4.69, 9.17) is 9.47 Å². The van der Waals surface area contributed by atoms with Gasteiger partial charge in [0.05, 0.1) is 6.04 Å². The number of amides is 2. The molecule has 156 valence electrons. The van der Waals surface area contributed by atoms with E-state index in [0.29, 0.717) is 56.3 Å². The van der Waals surface area contributed by atoms with E-state index in [9.17, 15) is 9.59 Å². The topological polar surface area (TPSA) is 79.9 Å². The van der Waals surface area contributed by atoms with E-state index in [1.165, 1.54) is 11.1 Å². The van der Waals surface area contributed by atoms with Crippen LogP contribution in [0, 0.1) is 0 Å². The molecule has 0 bridgehead atoms. The van der Waals surface area contributed by atoms with E-state index < -0.39 is 6.04 Å². The smallest absolute Gasteiger partial charge is 0.247 e. The molecule has 0 aromatic heterocycles. The molecule has 3 aliphatic heterocycles. The van der Waals surface area contributed by atoms with Crippen LogP contribution in [0.3, 0.4) is 0 Å². The largest absolute Gasteiger partial charge is 0.486 e. The normalized spacial score (nSPS) is 22.3. The van der Waals surface area contributed by atoms with Gasteiger partial charge in [0.2, 0.25) is 11.8 Å². The molecule has 0 radical (unpaired) electrons. The molecule has 2 aromatic carbocycles. The Kier molecular flexibility index (Phi) is 5.04. The van der Waals surface area contributed by atoms with Crippen LogP contribution < -0.4 is 20.1 Å². The minimum atomic E-state index is -0.454. The lowest BCUT2D eigenvalue weighted by molar-refractivity contribution is -0.138. The van der Waals surface area contributed by atoms with Crippen LogP contribution in [0.15, 0.2) is 42.5 Å². The Morgan fingerprint density at radius 1 is 1.03 bits per heavy atom. The van der Waals surface area contributed by atoms with Gasteiger partial charge in [-0.25, -0.2) is 0 Å². The number of carbonyl (C=O) groups excluding carboxylic acids is 2. The monoisotopic (exact) mass is 407 g/mol. The number of rotatable bonds is 3. The summed E-state index contributed by atoms with van der Waals surface area (Å²) in [6.45, 7) is 2.30. The Morgan fingerprint density at radius 2 is 1.83 bits per heavy atom. The molecule has 7 nitrogen and oxygen atoms in total. The highest BCUT2D eigenvalue weighted by Gasteiger charge is 2.38. The van der Waals surface area contributed by atoms with Gasteiger partial charge in [0, 0.05) is 24.8 Å². The average Bonchev–Trinajstić information content (AvgIpc) is 3.28. The van der Waals surface area contributed by atoms with Crippen LogP contribution in [0.4, 0.5) is 5.69 Å². The van der Waals surface area contributed by atoms with E-state index in [-0.39, 0.29) is 17.9 Å². The number of nitrogens with one attached hydrogen (secondary N) is 2. The first-order valence-electron chi connectivity index (χ1n) is 10.5. The van der Waals surface area contributed by atoms with Gasteiger partial charge in [-0.1, -0.05) is 24.3 Å². The van der Waals surface area contributed by atoms with Crippen molar-refractivity contribution in [2.75, 3.05) is 25.1 Å². The number of fused-ring (bicyclic) bond motifs is 2. The molecular formula is C23H25N3O4. The predicted molar refractivity (Wildman–Crippen MR) is 112 cm³/mol. The van der Waals surface area contributed by atoms with Gasteiger partial charge in [-0.3, -0.25) is 9.59 Å². The van der Waals surface area contributed by atoms with Crippen molar-refractivity contribution < 1.29 is 19.1 Å². The predicted octanol–water partition coefficient (Wildman–Crippen LogP) is 2.10. The van der Waals surface area contributed by atoms with Crippen LogP contribution in [0.1, 0.15) is 24.0 Å². The summed E-state index contributed by atoms with van der Waals surface area (Å²) < 4.78 is 11.1. The maximum atomic E-state index is 13.2. The lowest BCUT2D eigenvalue weighted by atomic mass is 9.95. The molecule has 1 fully saturated rings. The molecule has 0 spiro atoms. The number of ether oxygens (including phenoxy) is 2. The van der Waals surface area contributed by atoms with Gasteiger partial charge in [-0.15, -0.1) is 0 Å². The standard InChI is InChI=1S/C23H25N3O4/c27-22(25-17-7-8-20-21(13-17)30-11-10-29-20)19-6-3-9-26(19)23(28)18-12-15-4-1-2-5-16(15)14-24-18/h1-2,4-5,7-8,13,18-19,24H,3,6,9-12,14H2,(H,25,27)/t18-,19-/m0/s1. The van der Waals surface area contributed by atoms with Crippen molar-refractivity contribution in [2.24, 2.45) is 0 Å². The third kappa shape index (κ3) is 3.61. The zero-order valence-electron chi connectivity index (χ0n) is 16.7. The van der Waals surface area contributed by atoms with Gasteiger partial charge in [-0.05, 0) is 42.5 Å². The summed E-state index contributed by atoms with van der Waals surface area (Å²) in [6, 6.07) is 12.8. The molecule has 0 aliphatic carbocycles. The molecule has 0 saturated carbocycles. The summed E-state index contributed by atoms with van der Waals surface area (Å²) in [4.78, 5) is 27.9. The van der Waals surface area contributed by atoms with Gasteiger partial charge in [0.15, 0.2) is 11.5 Å². The number of likely N-dealkylation sites (tertiary alicyclic amines) is 1. The molecule has 1 saturated heterocycles. The van der Waals surface area contributed by atoms with E-state index >= 15 is 0 Å². The van der Waals surface area contributed by atoms with Crippen LogP contribution in [0.5, 0.6) is 11.5 Å². The molecule has 2 aromatic rings. The number of anilines is 1. The Balaban J connectivity index is 1.27. The second-order valence-corrected chi connectivity index (χ2v) is 7.94. The highest BCUT2D eigenvalue weighted by molar-refractivity contribution is 5.98. The fraction of sp³-hybridized carbons (Fsp3) is 0.391. The summed E-state index contributed by atoms with van der Waals surface area (Å²) in [5.74, 6) is 1.15.